The van der Waals surface area contributed by atoms with Crippen LogP contribution < -0.4 is 11.1 Å². The SMILES string of the molecule is CSC1(C(N)=NO)CCN(C(=O)NC(C)(C)C)CC1. The van der Waals surface area contributed by atoms with Gasteiger partial charge in [0.25, 0.3) is 0 Å². The fraction of sp³-hybridized carbons (Fsp3) is 0.833. The molecule has 0 aromatic heterocycles. The molecular weight excluding hydrogens is 264 g/mol. The third-order valence-electron chi connectivity index (χ3n) is 3.31. The molecular formula is C12H24N4O2S. The number of carbonyl (C=O) groups is 1. The minimum absolute atomic E-state index is 0.0540. The lowest BCUT2D eigenvalue weighted by molar-refractivity contribution is 0.175. The average Bonchev–Trinajstić information content (AvgIpc) is 2.35. The van der Waals surface area contributed by atoms with Gasteiger partial charge in [0.1, 0.15) is 0 Å². The highest BCUT2D eigenvalue weighted by molar-refractivity contribution is 8.00. The monoisotopic (exact) mass is 288 g/mol. The van der Waals surface area contributed by atoms with Crippen LogP contribution in [0, 0.1) is 0 Å². The Morgan fingerprint density at radius 2 is 1.95 bits per heavy atom. The topological polar surface area (TPSA) is 91.0 Å². The van der Waals surface area contributed by atoms with Gasteiger partial charge in [0.15, 0.2) is 5.84 Å². The zero-order chi connectivity index (χ0) is 14.7. The molecule has 1 aliphatic heterocycles. The number of nitrogens with two attached hydrogens (primary N) is 1. The predicted molar refractivity (Wildman–Crippen MR) is 78.7 cm³/mol. The molecule has 0 saturated carbocycles. The van der Waals surface area contributed by atoms with Crippen molar-refractivity contribution in [3.8, 4) is 0 Å². The number of rotatable bonds is 2. The summed E-state index contributed by atoms with van der Waals surface area (Å²) in [6.07, 6.45) is 3.34. The van der Waals surface area contributed by atoms with Crippen LogP contribution in [0.1, 0.15) is 33.6 Å². The number of nitrogens with one attached hydrogen (secondary N) is 1. The zero-order valence-corrected chi connectivity index (χ0v) is 12.9. The van der Waals surface area contributed by atoms with Crippen molar-refractivity contribution >= 4 is 23.6 Å². The van der Waals surface area contributed by atoms with Gasteiger partial charge in [-0.3, -0.25) is 0 Å². The lowest BCUT2D eigenvalue weighted by Crippen LogP contribution is -2.55. The Bertz CT molecular complexity index is 357. The van der Waals surface area contributed by atoms with E-state index in [0.717, 1.165) is 0 Å². The normalized spacial score (nSPS) is 20.2. The molecule has 1 rings (SSSR count). The number of carbonyl (C=O) groups excluding carboxylic acids is 1. The molecule has 19 heavy (non-hydrogen) atoms. The summed E-state index contributed by atoms with van der Waals surface area (Å²) in [5.74, 6) is 0.246. The minimum Gasteiger partial charge on any atom is -0.409 e. The van der Waals surface area contributed by atoms with Crippen LogP contribution >= 0.6 is 11.8 Å². The van der Waals surface area contributed by atoms with Gasteiger partial charge in [0.2, 0.25) is 0 Å². The third-order valence-corrected chi connectivity index (χ3v) is 4.70. The summed E-state index contributed by atoms with van der Waals surface area (Å²) in [7, 11) is 0. The Labute approximate surface area is 118 Å². The second-order valence-electron chi connectivity index (χ2n) is 5.85. The van der Waals surface area contributed by atoms with Gasteiger partial charge < -0.3 is 21.2 Å². The highest BCUT2D eigenvalue weighted by Gasteiger charge is 2.39. The number of amidine groups is 1. The Morgan fingerprint density at radius 1 is 1.42 bits per heavy atom. The van der Waals surface area contributed by atoms with E-state index in [4.69, 9.17) is 10.9 Å². The van der Waals surface area contributed by atoms with E-state index in [9.17, 15) is 4.79 Å². The molecule has 2 amide bonds. The molecule has 1 aliphatic rings. The summed E-state index contributed by atoms with van der Waals surface area (Å²) in [5, 5.41) is 15.0. The van der Waals surface area contributed by atoms with Crippen molar-refractivity contribution < 1.29 is 10.0 Å². The minimum atomic E-state index is -0.354. The van der Waals surface area contributed by atoms with Gasteiger partial charge in [0, 0.05) is 18.6 Å². The van der Waals surface area contributed by atoms with E-state index < -0.39 is 0 Å². The molecule has 4 N–H and O–H groups in total. The van der Waals surface area contributed by atoms with E-state index in [1.165, 1.54) is 0 Å². The number of piperidine rings is 1. The molecule has 0 aliphatic carbocycles. The molecule has 0 aromatic carbocycles. The molecule has 1 saturated heterocycles. The molecule has 0 spiro atoms. The van der Waals surface area contributed by atoms with Crippen molar-refractivity contribution in [2.75, 3.05) is 19.3 Å². The molecule has 1 fully saturated rings. The van der Waals surface area contributed by atoms with Crippen molar-refractivity contribution in [2.45, 2.75) is 43.9 Å². The first-order valence-electron chi connectivity index (χ1n) is 6.34. The molecule has 6 nitrogen and oxygen atoms in total. The summed E-state index contributed by atoms with van der Waals surface area (Å²) in [4.78, 5) is 13.8. The maximum atomic E-state index is 12.0. The van der Waals surface area contributed by atoms with Gasteiger partial charge in [-0.25, -0.2) is 4.79 Å². The summed E-state index contributed by atoms with van der Waals surface area (Å²) in [6.45, 7) is 7.09. The van der Waals surface area contributed by atoms with E-state index in [1.54, 1.807) is 16.7 Å². The first kappa shape index (κ1) is 15.9. The maximum absolute atomic E-state index is 12.0. The Balaban J connectivity index is 2.64. The number of hydrogen-bond donors (Lipinski definition) is 3. The number of urea groups is 1. The van der Waals surface area contributed by atoms with Gasteiger partial charge in [-0.05, 0) is 39.9 Å². The van der Waals surface area contributed by atoms with Crippen LogP contribution in [-0.4, -0.2) is 51.6 Å². The summed E-state index contributed by atoms with van der Waals surface area (Å²) in [6, 6.07) is -0.0540. The lowest BCUT2D eigenvalue weighted by Gasteiger charge is -2.40. The first-order valence-corrected chi connectivity index (χ1v) is 7.57. The van der Waals surface area contributed by atoms with Crippen molar-refractivity contribution in [3.05, 3.63) is 0 Å². The maximum Gasteiger partial charge on any atom is 0.317 e. The Hall–Kier alpha value is -1.11. The molecule has 1 heterocycles. The zero-order valence-electron chi connectivity index (χ0n) is 12.1. The van der Waals surface area contributed by atoms with Gasteiger partial charge in [-0.1, -0.05) is 5.16 Å². The van der Waals surface area contributed by atoms with E-state index in [2.05, 4.69) is 10.5 Å². The second kappa shape index (κ2) is 5.90. The van der Waals surface area contributed by atoms with Gasteiger partial charge in [0.05, 0.1) is 4.75 Å². The summed E-state index contributed by atoms with van der Waals surface area (Å²) < 4.78 is -0.354. The van der Waals surface area contributed by atoms with E-state index in [1.807, 2.05) is 27.0 Å². The summed E-state index contributed by atoms with van der Waals surface area (Å²) >= 11 is 1.58. The van der Waals surface area contributed by atoms with Crippen LogP contribution in [0.15, 0.2) is 5.16 Å². The second-order valence-corrected chi connectivity index (χ2v) is 7.04. The van der Waals surface area contributed by atoms with Crippen molar-refractivity contribution in [1.29, 1.82) is 0 Å². The summed E-state index contributed by atoms with van der Waals surface area (Å²) in [5.41, 5.74) is 5.54. The van der Waals surface area contributed by atoms with Crippen molar-refractivity contribution in [1.82, 2.24) is 10.2 Å². The van der Waals surface area contributed by atoms with E-state index in [0.29, 0.717) is 25.9 Å². The number of amides is 2. The van der Waals surface area contributed by atoms with Crippen LogP contribution in [0.3, 0.4) is 0 Å². The molecule has 110 valence electrons. The highest BCUT2D eigenvalue weighted by atomic mass is 32.2. The van der Waals surface area contributed by atoms with Gasteiger partial charge in [-0.2, -0.15) is 11.8 Å². The van der Waals surface area contributed by atoms with Crippen molar-refractivity contribution in [3.63, 3.8) is 0 Å². The Morgan fingerprint density at radius 3 is 2.32 bits per heavy atom. The standard InChI is InChI=1S/C12H24N4O2S/c1-11(2,3)14-10(17)16-7-5-12(19-4,6-8-16)9(13)15-18/h18H,5-8H2,1-4H3,(H2,13,15)(H,14,17). The number of hydrogen-bond acceptors (Lipinski definition) is 4. The largest absolute Gasteiger partial charge is 0.409 e. The highest BCUT2D eigenvalue weighted by Crippen LogP contribution is 2.34. The molecule has 7 heteroatoms. The average molecular weight is 288 g/mol. The van der Waals surface area contributed by atoms with Crippen LogP contribution in [0.2, 0.25) is 0 Å². The number of nitrogens with zero attached hydrogens (tertiary/aromatic N) is 2. The lowest BCUT2D eigenvalue weighted by atomic mass is 9.94. The third kappa shape index (κ3) is 3.92. The van der Waals surface area contributed by atoms with Gasteiger partial charge >= 0.3 is 6.03 Å². The van der Waals surface area contributed by atoms with Crippen molar-refractivity contribution in [2.24, 2.45) is 10.9 Å². The molecule has 0 unspecified atom stereocenters. The van der Waals surface area contributed by atoms with E-state index >= 15 is 0 Å². The van der Waals surface area contributed by atoms with E-state index in [-0.39, 0.29) is 22.2 Å². The predicted octanol–water partition coefficient (Wildman–Crippen LogP) is 1.44. The molecule has 0 radical (unpaired) electrons. The number of thioether (sulfide) groups is 1. The quantitative estimate of drug-likeness (QED) is 0.310. The fourth-order valence-electron chi connectivity index (χ4n) is 2.13. The number of likely N-dealkylation sites (tertiary alicyclic amines) is 1. The fourth-order valence-corrected chi connectivity index (χ4v) is 2.97. The number of oxime groups is 1. The van der Waals surface area contributed by atoms with Crippen LogP contribution in [-0.2, 0) is 0 Å². The van der Waals surface area contributed by atoms with Crippen LogP contribution in [0.5, 0.6) is 0 Å². The molecule has 0 aromatic rings. The van der Waals surface area contributed by atoms with Crippen LogP contribution in [0.25, 0.3) is 0 Å². The Kier molecular flexibility index (Phi) is 4.95. The molecule has 0 atom stereocenters. The van der Waals surface area contributed by atoms with Gasteiger partial charge in [-0.15, -0.1) is 0 Å². The van der Waals surface area contributed by atoms with Crippen LogP contribution in [0.4, 0.5) is 4.79 Å². The molecule has 0 bridgehead atoms. The smallest absolute Gasteiger partial charge is 0.317 e. The first-order chi connectivity index (χ1) is 8.74.